The number of hydrogen-bond donors (Lipinski definition) is 1. The fourth-order valence-electron chi connectivity index (χ4n) is 3.22. The third kappa shape index (κ3) is 5.79. The van der Waals surface area contributed by atoms with Crippen LogP contribution in [-0.2, 0) is 31.2 Å². The van der Waals surface area contributed by atoms with Crippen molar-refractivity contribution >= 4 is 25.8 Å². The Hall–Kier alpha value is -3.28. The zero-order chi connectivity index (χ0) is 25.1. The summed E-state index contributed by atoms with van der Waals surface area (Å²) >= 11 is 0. The molecular formula is C23H22FNO7S2. The predicted octanol–water partition coefficient (Wildman–Crippen LogP) is 3.18. The quantitative estimate of drug-likeness (QED) is 0.473. The van der Waals surface area contributed by atoms with Gasteiger partial charge < -0.3 is 9.84 Å². The summed E-state index contributed by atoms with van der Waals surface area (Å²) in [6.45, 7) is -0.756. The van der Waals surface area contributed by atoms with Crippen LogP contribution in [0.1, 0.15) is 5.56 Å². The van der Waals surface area contributed by atoms with Crippen molar-refractivity contribution in [2.45, 2.75) is 16.3 Å². The van der Waals surface area contributed by atoms with Crippen molar-refractivity contribution in [2.24, 2.45) is 0 Å². The normalized spacial score (nSPS) is 12.0. The molecule has 0 heterocycles. The molecule has 34 heavy (non-hydrogen) atoms. The smallest absolute Gasteiger partial charge is 0.341 e. The number of sulfone groups is 1. The van der Waals surface area contributed by atoms with Gasteiger partial charge in [0.1, 0.15) is 16.5 Å². The lowest BCUT2D eigenvalue weighted by Crippen LogP contribution is -2.27. The number of sulfonamides is 1. The van der Waals surface area contributed by atoms with Crippen molar-refractivity contribution in [1.29, 1.82) is 0 Å². The van der Waals surface area contributed by atoms with Crippen molar-refractivity contribution in [3.8, 4) is 16.9 Å². The Balaban J connectivity index is 2.02. The van der Waals surface area contributed by atoms with E-state index in [-0.39, 0.29) is 17.2 Å². The topological polar surface area (TPSA) is 118 Å². The molecule has 11 heteroatoms. The van der Waals surface area contributed by atoms with Gasteiger partial charge in [-0.3, -0.25) is 0 Å². The molecule has 0 aliphatic carbocycles. The molecule has 0 radical (unpaired) electrons. The third-order valence-electron chi connectivity index (χ3n) is 4.90. The first-order valence-corrected chi connectivity index (χ1v) is 13.2. The average Bonchev–Trinajstić information content (AvgIpc) is 2.77. The standard InChI is InChI=1S/C23H22FNO7S2/c1-25(34(30,31)22-9-4-3-8-20(22)24)14-16-10-11-21(32-15-23(26)27)19(12-16)17-6-5-7-18(13-17)33(2,28)29/h3-13H,14-15H2,1-2H3,(H,26,27). The van der Waals surface area contributed by atoms with E-state index in [1.165, 1.54) is 49.5 Å². The van der Waals surface area contributed by atoms with E-state index in [9.17, 15) is 26.0 Å². The average molecular weight is 508 g/mol. The van der Waals surface area contributed by atoms with Crippen molar-refractivity contribution in [3.63, 3.8) is 0 Å². The number of rotatable bonds is 9. The highest BCUT2D eigenvalue weighted by Crippen LogP contribution is 2.33. The van der Waals surface area contributed by atoms with Gasteiger partial charge in [0.15, 0.2) is 16.4 Å². The second-order valence-corrected chi connectivity index (χ2v) is 11.5. The molecule has 3 aromatic rings. The minimum Gasteiger partial charge on any atom is -0.481 e. The van der Waals surface area contributed by atoms with Crippen LogP contribution in [0.15, 0.2) is 76.5 Å². The molecule has 0 atom stereocenters. The first kappa shape index (κ1) is 25.3. The summed E-state index contributed by atoms with van der Waals surface area (Å²) in [5.41, 5.74) is 1.30. The van der Waals surface area contributed by atoms with Gasteiger partial charge in [-0.1, -0.05) is 30.3 Å². The number of aliphatic carboxylic acids is 1. The van der Waals surface area contributed by atoms with Crippen LogP contribution in [0, 0.1) is 5.82 Å². The molecule has 0 bridgehead atoms. The van der Waals surface area contributed by atoms with Crippen LogP contribution in [0.25, 0.3) is 11.1 Å². The summed E-state index contributed by atoms with van der Waals surface area (Å²) in [6, 6.07) is 15.7. The number of nitrogens with zero attached hydrogens (tertiary/aromatic N) is 1. The summed E-state index contributed by atoms with van der Waals surface area (Å²) in [7, 11) is -6.34. The van der Waals surface area contributed by atoms with E-state index < -0.39 is 43.1 Å². The van der Waals surface area contributed by atoms with Gasteiger partial charge in [-0.25, -0.2) is 26.0 Å². The molecule has 0 unspecified atom stereocenters. The first-order chi connectivity index (χ1) is 15.9. The summed E-state index contributed by atoms with van der Waals surface area (Å²) in [5, 5.41) is 8.97. The van der Waals surface area contributed by atoms with Crippen LogP contribution in [-0.4, -0.2) is 52.1 Å². The Kier molecular flexibility index (Phi) is 7.39. The molecule has 8 nitrogen and oxygen atoms in total. The van der Waals surface area contributed by atoms with Gasteiger partial charge in [0, 0.05) is 25.4 Å². The Labute approximate surface area is 197 Å². The number of carbonyl (C=O) groups is 1. The van der Waals surface area contributed by atoms with Crippen LogP contribution in [0.3, 0.4) is 0 Å². The highest BCUT2D eigenvalue weighted by Gasteiger charge is 2.24. The van der Waals surface area contributed by atoms with E-state index in [0.717, 1.165) is 16.6 Å². The molecule has 0 spiro atoms. The molecular weight excluding hydrogens is 485 g/mol. The molecule has 0 aliphatic rings. The van der Waals surface area contributed by atoms with Gasteiger partial charge in [-0.15, -0.1) is 0 Å². The van der Waals surface area contributed by atoms with Gasteiger partial charge in [0.05, 0.1) is 4.90 Å². The highest BCUT2D eigenvalue weighted by atomic mass is 32.2. The predicted molar refractivity (Wildman–Crippen MR) is 123 cm³/mol. The lowest BCUT2D eigenvalue weighted by molar-refractivity contribution is -0.139. The van der Waals surface area contributed by atoms with Crippen molar-refractivity contribution in [1.82, 2.24) is 4.31 Å². The fourth-order valence-corrected chi connectivity index (χ4v) is 5.11. The maximum Gasteiger partial charge on any atom is 0.341 e. The summed E-state index contributed by atoms with van der Waals surface area (Å²) in [5.74, 6) is -1.89. The Morgan fingerprint density at radius 3 is 2.35 bits per heavy atom. The largest absolute Gasteiger partial charge is 0.481 e. The minimum atomic E-state index is -4.13. The zero-order valence-electron chi connectivity index (χ0n) is 18.3. The summed E-state index contributed by atoms with van der Waals surface area (Å²) in [6.07, 6.45) is 1.06. The van der Waals surface area contributed by atoms with Crippen LogP contribution < -0.4 is 4.74 Å². The van der Waals surface area contributed by atoms with E-state index in [2.05, 4.69) is 0 Å². The molecule has 0 fully saturated rings. The van der Waals surface area contributed by atoms with E-state index in [1.807, 2.05) is 0 Å². The third-order valence-corrected chi connectivity index (χ3v) is 7.85. The van der Waals surface area contributed by atoms with Gasteiger partial charge in [-0.05, 0) is 47.5 Å². The van der Waals surface area contributed by atoms with Crippen LogP contribution >= 0.6 is 0 Å². The van der Waals surface area contributed by atoms with Crippen LogP contribution in [0.2, 0.25) is 0 Å². The van der Waals surface area contributed by atoms with Crippen molar-refractivity contribution in [2.75, 3.05) is 19.9 Å². The van der Waals surface area contributed by atoms with E-state index >= 15 is 0 Å². The van der Waals surface area contributed by atoms with Crippen molar-refractivity contribution in [3.05, 3.63) is 78.1 Å². The van der Waals surface area contributed by atoms with E-state index in [0.29, 0.717) is 16.7 Å². The molecule has 1 N–H and O–H groups in total. The molecule has 0 saturated heterocycles. The number of carboxylic acids is 1. The van der Waals surface area contributed by atoms with Crippen LogP contribution in [0.4, 0.5) is 4.39 Å². The van der Waals surface area contributed by atoms with Gasteiger partial charge >= 0.3 is 5.97 Å². The number of hydrogen-bond acceptors (Lipinski definition) is 6. The fraction of sp³-hybridized carbons (Fsp3) is 0.174. The molecule has 3 aromatic carbocycles. The SMILES string of the molecule is CN(Cc1ccc(OCC(=O)O)c(-c2cccc(S(C)(=O)=O)c2)c1)S(=O)(=O)c1ccccc1F. The number of halogens is 1. The minimum absolute atomic E-state index is 0.0545. The zero-order valence-corrected chi connectivity index (χ0v) is 19.9. The maximum atomic E-state index is 14.1. The number of ether oxygens (including phenoxy) is 1. The Morgan fingerprint density at radius 1 is 1.00 bits per heavy atom. The van der Waals surface area contributed by atoms with Gasteiger partial charge in [-0.2, -0.15) is 4.31 Å². The lowest BCUT2D eigenvalue weighted by atomic mass is 10.0. The van der Waals surface area contributed by atoms with Gasteiger partial charge in [0.2, 0.25) is 10.0 Å². The molecule has 3 rings (SSSR count). The Bertz CT molecular complexity index is 1440. The highest BCUT2D eigenvalue weighted by molar-refractivity contribution is 7.90. The number of benzene rings is 3. The summed E-state index contributed by atoms with van der Waals surface area (Å²) in [4.78, 5) is 10.6. The van der Waals surface area contributed by atoms with Crippen molar-refractivity contribution < 1.29 is 35.9 Å². The Morgan fingerprint density at radius 2 is 1.71 bits per heavy atom. The second-order valence-electron chi connectivity index (χ2n) is 7.50. The molecule has 0 amide bonds. The molecule has 0 aromatic heterocycles. The van der Waals surface area contributed by atoms with E-state index in [4.69, 9.17) is 9.84 Å². The first-order valence-electron chi connectivity index (χ1n) is 9.88. The van der Waals surface area contributed by atoms with Gasteiger partial charge in [0.25, 0.3) is 0 Å². The molecule has 0 aliphatic heterocycles. The summed E-state index contributed by atoms with van der Waals surface area (Å²) < 4.78 is 70.1. The molecule has 180 valence electrons. The van der Waals surface area contributed by atoms with Crippen LogP contribution in [0.5, 0.6) is 5.75 Å². The molecule has 0 saturated carbocycles. The monoisotopic (exact) mass is 507 g/mol. The lowest BCUT2D eigenvalue weighted by Gasteiger charge is -2.19. The second kappa shape index (κ2) is 9.92. The number of carboxylic acid groups (broad SMARTS) is 1. The van der Waals surface area contributed by atoms with E-state index in [1.54, 1.807) is 18.2 Å². The maximum absolute atomic E-state index is 14.1.